The van der Waals surface area contributed by atoms with Crippen molar-refractivity contribution in [2.75, 3.05) is 28.4 Å². The number of ether oxygens (including phenoxy) is 4. The van der Waals surface area contributed by atoms with E-state index in [1.807, 2.05) is 31.2 Å². The molecule has 0 aliphatic heterocycles. The summed E-state index contributed by atoms with van der Waals surface area (Å²) in [6, 6.07) is 11.0. The summed E-state index contributed by atoms with van der Waals surface area (Å²) >= 11 is 0. The van der Waals surface area contributed by atoms with Gasteiger partial charge in [0.25, 0.3) is 0 Å². The molecule has 0 aliphatic rings. The Bertz CT molecular complexity index is 799. The highest BCUT2D eigenvalue weighted by Crippen LogP contribution is 2.40. The lowest BCUT2D eigenvalue weighted by Gasteiger charge is -2.15. The Hall–Kier alpha value is -3.15. The minimum absolute atomic E-state index is 0.139. The second kappa shape index (κ2) is 9.52. The maximum Gasteiger partial charge on any atom is 0.244 e. The third kappa shape index (κ3) is 4.94. The van der Waals surface area contributed by atoms with Crippen LogP contribution >= 0.6 is 0 Å². The van der Waals surface area contributed by atoms with E-state index in [0.29, 0.717) is 22.8 Å². The number of hydrogen-bond acceptors (Lipinski definition) is 5. The second-order valence-corrected chi connectivity index (χ2v) is 5.76. The largest absolute Gasteiger partial charge is 0.497 e. The lowest BCUT2D eigenvalue weighted by atomic mass is 10.1. The number of rotatable bonds is 8. The van der Waals surface area contributed by atoms with Gasteiger partial charge in [0.2, 0.25) is 11.7 Å². The van der Waals surface area contributed by atoms with Crippen LogP contribution in [-0.4, -0.2) is 34.3 Å². The molecule has 0 aliphatic carbocycles. The third-order valence-corrected chi connectivity index (χ3v) is 4.12. The zero-order valence-corrected chi connectivity index (χ0v) is 16.2. The van der Waals surface area contributed by atoms with E-state index in [1.54, 1.807) is 39.5 Å². The Balaban J connectivity index is 2.11. The summed E-state index contributed by atoms with van der Waals surface area (Å²) in [5.74, 6) is 2.11. The van der Waals surface area contributed by atoms with Crippen molar-refractivity contribution in [3.05, 3.63) is 53.6 Å². The van der Waals surface area contributed by atoms with Crippen molar-refractivity contribution in [1.82, 2.24) is 5.32 Å². The SMILES string of the molecule is COc1ccc([C@@H](C)NC(=O)/C=C/c2ccc(OC)c(OC)c2OC)cc1. The van der Waals surface area contributed by atoms with Crippen LogP contribution in [-0.2, 0) is 4.79 Å². The molecule has 0 bridgehead atoms. The molecular weight excluding hydrogens is 346 g/mol. The van der Waals surface area contributed by atoms with Crippen LogP contribution in [0.5, 0.6) is 23.0 Å². The molecule has 2 rings (SSSR count). The van der Waals surface area contributed by atoms with Gasteiger partial charge in [-0.05, 0) is 42.8 Å². The van der Waals surface area contributed by atoms with Gasteiger partial charge >= 0.3 is 0 Å². The average molecular weight is 371 g/mol. The lowest BCUT2D eigenvalue weighted by Crippen LogP contribution is -2.24. The van der Waals surface area contributed by atoms with Crippen LogP contribution in [0.3, 0.4) is 0 Å². The number of hydrogen-bond donors (Lipinski definition) is 1. The molecule has 2 aromatic carbocycles. The standard InChI is InChI=1S/C21H25NO5/c1-14(15-6-10-17(24-2)11-7-15)22-19(23)13-9-16-8-12-18(25-3)21(27-5)20(16)26-4/h6-14H,1-5H3,(H,22,23)/b13-9+/t14-/m1/s1. The molecule has 144 valence electrons. The number of amides is 1. The molecular formula is C21H25NO5. The van der Waals surface area contributed by atoms with E-state index in [2.05, 4.69) is 5.32 Å². The molecule has 0 saturated carbocycles. The Morgan fingerprint density at radius 1 is 0.889 bits per heavy atom. The van der Waals surface area contributed by atoms with Crippen LogP contribution in [0.2, 0.25) is 0 Å². The molecule has 6 nitrogen and oxygen atoms in total. The van der Waals surface area contributed by atoms with Crippen LogP contribution in [0.1, 0.15) is 24.1 Å². The van der Waals surface area contributed by atoms with Crippen LogP contribution in [0, 0.1) is 0 Å². The van der Waals surface area contributed by atoms with Gasteiger partial charge in [-0.3, -0.25) is 4.79 Å². The van der Waals surface area contributed by atoms with E-state index < -0.39 is 0 Å². The molecule has 1 N–H and O–H groups in total. The van der Waals surface area contributed by atoms with Crippen molar-refractivity contribution in [3.8, 4) is 23.0 Å². The van der Waals surface area contributed by atoms with E-state index >= 15 is 0 Å². The molecule has 1 atom stereocenters. The first-order valence-corrected chi connectivity index (χ1v) is 8.45. The first-order chi connectivity index (χ1) is 13.0. The normalized spacial score (nSPS) is 11.7. The molecule has 27 heavy (non-hydrogen) atoms. The van der Waals surface area contributed by atoms with E-state index in [1.165, 1.54) is 13.2 Å². The highest BCUT2D eigenvalue weighted by Gasteiger charge is 2.14. The van der Waals surface area contributed by atoms with Gasteiger partial charge in [0.05, 0.1) is 34.5 Å². The quantitative estimate of drug-likeness (QED) is 0.718. The maximum absolute atomic E-state index is 12.3. The fourth-order valence-corrected chi connectivity index (χ4v) is 2.66. The molecule has 1 amide bonds. The molecule has 0 spiro atoms. The predicted molar refractivity (Wildman–Crippen MR) is 105 cm³/mol. The molecule has 0 heterocycles. The number of carbonyl (C=O) groups excluding carboxylic acids is 1. The Morgan fingerprint density at radius 3 is 2.11 bits per heavy atom. The minimum Gasteiger partial charge on any atom is -0.497 e. The fraction of sp³-hybridized carbons (Fsp3) is 0.286. The number of carbonyl (C=O) groups is 1. The predicted octanol–water partition coefficient (Wildman–Crippen LogP) is 3.61. The van der Waals surface area contributed by atoms with Gasteiger partial charge in [-0.1, -0.05) is 12.1 Å². The summed E-state index contributed by atoms with van der Waals surface area (Å²) in [6.07, 6.45) is 3.14. The van der Waals surface area contributed by atoms with Crippen LogP contribution in [0.25, 0.3) is 6.08 Å². The summed E-state index contributed by atoms with van der Waals surface area (Å²) in [6.45, 7) is 1.92. The first-order valence-electron chi connectivity index (χ1n) is 8.45. The lowest BCUT2D eigenvalue weighted by molar-refractivity contribution is -0.117. The van der Waals surface area contributed by atoms with Crippen LogP contribution in [0.4, 0.5) is 0 Å². The second-order valence-electron chi connectivity index (χ2n) is 5.76. The number of benzene rings is 2. The summed E-state index contributed by atoms with van der Waals surface area (Å²) in [5, 5.41) is 2.93. The highest BCUT2D eigenvalue weighted by atomic mass is 16.5. The highest BCUT2D eigenvalue weighted by molar-refractivity contribution is 5.92. The number of methoxy groups -OCH3 is 4. The minimum atomic E-state index is -0.213. The topological polar surface area (TPSA) is 66.0 Å². The van der Waals surface area contributed by atoms with Gasteiger partial charge in [-0.2, -0.15) is 0 Å². The maximum atomic E-state index is 12.3. The zero-order valence-electron chi connectivity index (χ0n) is 16.2. The van der Waals surface area contributed by atoms with Crippen molar-refractivity contribution < 1.29 is 23.7 Å². The summed E-state index contributed by atoms with van der Waals surface area (Å²) in [5.41, 5.74) is 1.70. The Kier molecular flexibility index (Phi) is 7.11. The monoisotopic (exact) mass is 371 g/mol. The van der Waals surface area contributed by atoms with Gasteiger partial charge in [0.1, 0.15) is 5.75 Å². The smallest absolute Gasteiger partial charge is 0.244 e. The van der Waals surface area contributed by atoms with Crippen molar-refractivity contribution in [2.45, 2.75) is 13.0 Å². The van der Waals surface area contributed by atoms with Crippen LogP contribution < -0.4 is 24.3 Å². The molecule has 0 saturated heterocycles. The van der Waals surface area contributed by atoms with Crippen molar-refractivity contribution in [3.63, 3.8) is 0 Å². The summed E-state index contributed by atoms with van der Waals surface area (Å²) in [7, 11) is 6.26. The molecule has 6 heteroatoms. The Labute approximate surface area is 159 Å². The third-order valence-electron chi connectivity index (χ3n) is 4.12. The van der Waals surface area contributed by atoms with Gasteiger partial charge in [0.15, 0.2) is 11.5 Å². The zero-order chi connectivity index (χ0) is 19.8. The summed E-state index contributed by atoms with van der Waals surface area (Å²) < 4.78 is 21.2. The van der Waals surface area contributed by atoms with E-state index in [0.717, 1.165) is 11.3 Å². The Morgan fingerprint density at radius 2 is 1.56 bits per heavy atom. The number of nitrogens with one attached hydrogen (secondary N) is 1. The van der Waals surface area contributed by atoms with Gasteiger partial charge in [0, 0.05) is 11.6 Å². The van der Waals surface area contributed by atoms with Gasteiger partial charge in [-0.15, -0.1) is 0 Å². The molecule has 0 fully saturated rings. The van der Waals surface area contributed by atoms with Crippen molar-refractivity contribution in [2.24, 2.45) is 0 Å². The average Bonchev–Trinajstić information content (AvgIpc) is 2.71. The fourth-order valence-electron chi connectivity index (χ4n) is 2.66. The van der Waals surface area contributed by atoms with Crippen molar-refractivity contribution in [1.29, 1.82) is 0 Å². The molecule has 2 aromatic rings. The van der Waals surface area contributed by atoms with Crippen LogP contribution in [0.15, 0.2) is 42.5 Å². The molecule has 0 aromatic heterocycles. The molecule has 0 unspecified atom stereocenters. The van der Waals surface area contributed by atoms with E-state index in [4.69, 9.17) is 18.9 Å². The first kappa shape index (κ1) is 20.2. The van der Waals surface area contributed by atoms with E-state index in [9.17, 15) is 4.79 Å². The van der Waals surface area contributed by atoms with E-state index in [-0.39, 0.29) is 11.9 Å². The molecule has 0 radical (unpaired) electrons. The van der Waals surface area contributed by atoms with Gasteiger partial charge < -0.3 is 24.3 Å². The van der Waals surface area contributed by atoms with Crippen molar-refractivity contribution >= 4 is 12.0 Å². The summed E-state index contributed by atoms with van der Waals surface area (Å²) in [4.78, 5) is 12.3. The van der Waals surface area contributed by atoms with Gasteiger partial charge in [-0.25, -0.2) is 0 Å².